The highest BCUT2D eigenvalue weighted by Crippen LogP contribution is 2.47. The van der Waals surface area contributed by atoms with Crippen LogP contribution in [-0.2, 0) is 4.79 Å². The second kappa shape index (κ2) is 5.23. The van der Waals surface area contributed by atoms with Gasteiger partial charge in [-0.3, -0.25) is 0 Å². The number of carboxylic acids is 1. The van der Waals surface area contributed by atoms with E-state index in [9.17, 15) is 9.59 Å². The summed E-state index contributed by atoms with van der Waals surface area (Å²) in [6.07, 6.45) is 5.24. The Balaban J connectivity index is 1.50. The first-order chi connectivity index (χ1) is 9.15. The number of carbonyl (C=O) groups is 2. The molecule has 4 atom stereocenters. The van der Waals surface area contributed by atoms with Crippen LogP contribution < -0.4 is 5.32 Å². The minimum Gasteiger partial charge on any atom is -0.480 e. The van der Waals surface area contributed by atoms with Crippen LogP contribution in [0.15, 0.2) is 0 Å². The van der Waals surface area contributed by atoms with Gasteiger partial charge in [0.1, 0.15) is 6.04 Å². The first-order valence-corrected chi connectivity index (χ1v) is 8.15. The molecule has 1 aliphatic heterocycles. The predicted octanol–water partition coefficient (Wildman–Crippen LogP) is 1.59. The van der Waals surface area contributed by atoms with Crippen molar-refractivity contribution in [2.24, 2.45) is 17.8 Å². The summed E-state index contributed by atoms with van der Waals surface area (Å²) >= 11 is 1.50. The monoisotopic (exact) mass is 284 g/mol. The Bertz CT molecular complexity index is 390. The van der Waals surface area contributed by atoms with Gasteiger partial charge in [-0.1, -0.05) is 6.42 Å². The maximum absolute atomic E-state index is 12.1. The van der Waals surface area contributed by atoms with Gasteiger partial charge in [0.2, 0.25) is 0 Å². The van der Waals surface area contributed by atoms with Crippen LogP contribution in [-0.4, -0.2) is 46.2 Å². The Morgan fingerprint density at radius 1 is 1.32 bits per heavy atom. The van der Waals surface area contributed by atoms with Crippen LogP contribution in [0.1, 0.15) is 25.7 Å². The van der Waals surface area contributed by atoms with Crippen molar-refractivity contribution in [1.82, 2.24) is 10.2 Å². The number of hydrogen-bond donors (Lipinski definition) is 2. The predicted molar refractivity (Wildman–Crippen MR) is 72.9 cm³/mol. The molecule has 2 aliphatic carbocycles. The van der Waals surface area contributed by atoms with Gasteiger partial charge < -0.3 is 15.3 Å². The van der Waals surface area contributed by atoms with E-state index >= 15 is 0 Å². The third kappa shape index (κ3) is 2.55. The van der Waals surface area contributed by atoms with Crippen LogP contribution in [0.2, 0.25) is 0 Å². The fraction of sp³-hybridized carbons (Fsp3) is 0.846. The van der Waals surface area contributed by atoms with E-state index in [-0.39, 0.29) is 6.03 Å². The topological polar surface area (TPSA) is 69.6 Å². The summed E-state index contributed by atoms with van der Waals surface area (Å²) in [5.74, 6) is 2.35. The molecule has 0 aromatic heterocycles. The largest absolute Gasteiger partial charge is 0.480 e. The molecule has 3 unspecified atom stereocenters. The first-order valence-electron chi connectivity index (χ1n) is 7.00. The smallest absolute Gasteiger partial charge is 0.327 e. The number of fused-ring (bicyclic) bond motifs is 2. The van der Waals surface area contributed by atoms with Crippen LogP contribution in [0.3, 0.4) is 0 Å². The van der Waals surface area contributed by atoms with Crippen LogP contribution in [0.5, 0.6) is 0 Å². The van der Waals surface area contributed by atoms with Crippen molar-refractivity contribution in [2.75, 3.05) is 18.2 Å². The number of aliphatic carboxylic acids is 1. The van der Waals surface area contributed by atoms with Crippen molar-refractivity contribution in [2.45, 2.75) is 31.7 Å². The number of thioether (sulfide) groups is 1. The third-order valence-corrected chi connectivity index (χ3v) is 5.84. The van der Waals surface area contributed by atoms with Crippen LogP contribution in [0, 0.1) is 17.8 Å². The number of rotatable bonds is 3. The lowest BCUT2D eigenvalue weighted by Crippen LogP contribution is -2.48. The summed E-state index contributed by atoms with van der Waals surface area (Å²) in [6.45, 7) is 0.716. The minimum atomic E-state index is -0.903. The van der Waals surface area contributed by atoms with Crippen molar-refractivity contribution in [3.8, 4) is 0 Å². The lowest BCUT2D eigenvalue weighted by atomic mass is 9.89. The molecule has 2 amide bonds. The number of carbonyl (C=O) groups excluding carboxylic acids is 1. The zero-order valence-electron chi connectivity index (χ0n) is 10.9. The second-order valence-corrected chi connectivity index (χ2v) is 6.94. The maximum Gasteiger partial charge on any atom is 0.327 e. The van der Waals surface area contributed by atoms with Gasteiger partial charge in [-0.05, 0) is 37.0 Å². The normalized spacial score (nSPS) is 36.7. The van der Waals surface area contributed by atoms with Gasteiger partial charge in [0, 0.05) is 12.3 Å². The van der Waals surface area contributed by atoms with Crippen molar-refractivity contribution in [1.29, 1.82) is 0 Å². The molecule has 0 aromatic carbocycles. The zero-order chi connectivity index (χ0) is 13.4. The Labute approximate surface area is 117 Å². The first kappa shape index (κ1) is 13.1. The maximum atomic E-state index is 12.1. The van der Waals surface area contributed by atoms with Gasteiger partial charge in [0.05, 0.1) is 5.88 Å². The van der Waals surface area contributed by atoms with E-state index in [1.807, 2.05) is 0 Å². The quantitative estimate of drug-likeness (QED) is 0.826. The molecule has 3 rings (SSSR count). The Morgan fingerprint density at radius 2 is 2.16 bits per heavy atom. The van der Waals surface area contributed by atoms with Crippen LogP contribution in [0.25, 0.3) is 0 Å². The molecule has 2 saturated carbocycles. The molecule has 0 spiro atoms. The minimum absolute atomic E-state index is 0.208. The average molecular weight is 284 g/mol. The average Bonchev–Trinajstić information content (AvgIpc) is 3.10. The molecule has 19 heavy (non-hydrogen) atoms. The van der Waals surface area contributed by atoms with Gasteiger partial charge in [-0.25, -0.2) is 9.59 Å². The van der Waals surface area contributed by atoms with Gasteiger partial charge in [0.15, 0.2) is 0 Å². The SMILES string of the molecule is O=C(O)[C@@H]1CSCN1C(=O)NCC1CC2CCC1C2. The van der Waals surface area contributed by atoms with E-state index in [1.165, 1.54) is 42.3 Å². The Morgan fingerprint density at radius 3 is 2.79 bits per heavy atom. The number of nitrogens with zero attached hydrogens (tertiary/aromatic N) is 1. The molecule has 0 radical (unpaired) electrons. The molecule has 3 aliphatic rings. The number of hydrogen-bond acceptors (Lipinski definition) is 3. The van der Waals surface area contributed by atoms with E-state index in [2.05, 4.69) is 5.32 Å². The van der Waals surface area contributed by atoms with Crippen molar-refractivity contribution < 1.29 is 14.7 Å². The fourth-order valence-electron chi connectivity index (χ4n) is 3.79. The van der Waals surface area contributed by atoms with Crippen molar-refractivity contribution >= 4 is 23.8 Å². The molecule has 106 valence electrons. The van der Waals surface area contributed by atoms with Crippen molar-refractivity contribution in [3.63, 3.8) is 0 Å². The van der Waals surface area contributed by atoms with E-state index in [0.717, 1.165) is 11.8 Å². The summed E-state index contributed by atoms with van der Waals surface area (Å²) in [6, 6.07) is -0.870. The van der Waals surface area contributed by atoms with Gasteiger partial charge in [-0.15, -0.1) is 11.8 Å². The highest BCUT2D eigenvalue weighted by molar-refractivity contribution is 7.99. The summed E-state index contributed by atoms with van der Waals surface area (Å²) in [4.78, 5) is 24.6. The van der Waals surface area contributed by atoms with E-state index in [0.29, 0.717) is 24.1 Å². The molecular weight excluding hydrogens is 264 g/mol. The van der Waals surface area contributed by atoms with Gasteiger partial charge in [-0.2, -0.15) is 0 Å². The summed E-state index contributed by atoms with van der Waals surface area (Å²) in [7, 11) is 0. The molecule has 1 heterocycles. The molecule has 5 nitrogen and oxygen atoms in total. The van der Waals surface area contributed by atoms with Crippen molar-refractivity contribution in [3.05, 3.63) is 0 Å². The molecule has 1 saturated heterocycles. The number of nitrogens with one attached hydrogen (secondary N) is 1. The number of urea groups is 1. The highest BCUT2D eigenvalue weighted by Gasteiger charge is 2.40. The summed E-state index contributed by atoms with van der Waals surface area (Å²) in [5.41, 5.74) is 0. The van der Waals surface area contributed by atoms with E-state index in [4.69, 9.17) is 5.11 Å². The standard InChI is InChI=1S/C13H20N2O3S/c16-12(17)11-6-19-7-15(11)13(18)14-5-10-4-8-1-2-9(10)3-8/h8-11H,1-7H2,(H,14,18)(H,16,17)/t8?,9?,10?,11-/m0/s1. The Kier molecular flexibility index (Phi) is 3.60. The lowest BCUT2D eigenvalue weighted by molar-refractivity contribution is -0.140. The summed E-state index contributed by atoms with van der Waals surface area (Å²) in [5, 5.41) is 12.0. The molecule has 3 fully saturated rings. The number of carboxylic acid groups (broad SMARTS) is 1. The molecular formula is C13H20N2O3S. The number of amides is 2. The second-order valence-electron chi connectivity index (χ2n) is 5.94. The highest BCUT2D eigenvalue weighted by atomic mass is 32.2. The van der Waals surface area contributed by atoms with Crippen LogP contribution in [0.4, 0.5) is 4.79 Å². The Hall–Kier alpha value is -0.910. The molecule has 0 aromatic rings. The fourth-order valence-corrected chi connectivity index (χ4v) is 4.94. The van der Waals surface area contributed by atoms with Gasteiger partial charge in [0.25, 0.3) is 0 Å². The van der Waals surface area contributed by atoms with Crippen LogP contribution >= 0.6 is 11.8 Å². The molecule has 6 heteroatoms. The third-order valence-electron chi connectivity index (χ3n) is 4.83. The van der Waals surface area contributed by atoms with E-state index < -0.39 is 12.0 Å². The molecule has 2 N–H and O–H groups in total. The lowest BCUT2D eigenvalue weighted by Gasteiger charge is -2.25. The van der Waals surface area contributed by atoms with Gasteiger partial charge >= 0.3 is 12.0 Å². The zero-order valence-corrected chi connectivity index (χ0v) is 11.7. The summed E-state index contributed by atoms with van der Waals surface area (Å²) < 4.78 is 0. The molecule has 2 bridgehead atoms. The van der Waals surface area contributed by atoms with E-state index in [1.54, 1.807) is 0 Å².